The zero-order valence-electron chi connectivity index (χ0n) is 15.2. The Bertz CT molecular complexity index is 1180. The molecule has 0 saturated heterocycles. The van der Waals surface area contributed by atoms with Gasteiger partial charge in [-0.2, -0.15) is 18.3 Å². The first kappa shape index (κ1) is 18.7. The molecule has 2 aromatic heterocycles. The summed E-state index contributed by atoms with van der Waals surface area (Å²) in [6.45, 7) is 1.90. The number of nitrogens with one attached hydrogen (secondary N) is 1. The van der Waals surface area contributed by atoms with Gasteiger partial charge in [0.2, 0.25) is 0 Å². The molecule has 9 heteroatoms. The molecule has 1 N–H and O–H groups in total. The summed E-state index contributed by atoms with van der Waals surface area (Å²) in [5.41, 5.74) is 1.44. The molecule has 2 heterocycles. The molecule has 0 aliphatic carbocycles. The third-order valence-electron chi connectivity index (χ3n) is 4.50. The Kier molecular flexibility index (Phi) is 4.57. The highest BCUT2D eigenvalue weighted by Crippen LogP contribution is 2.29. The maximum Gasteiger partial charge on any atom is 0.416 e. The van der Waals surface area contributed by atoms with Crippen LogP contribution < -0.4 is 5.32 Å². The number of carbonyl (C=O) groups is 1. The maximum atomic E-state index is 12.8. The second-order valence-electron chi connectivity index (χ2n) is 6.49. The minimum Gasteiger partial charge on any atom is -0.364 e. The van der Waals surface area contributed by atoms with Gasteiger partial charge in [-0.05, 0) is 36.8 Å². The van der Waals surface area contributed by atoms with Crippen LogP contribution in [0.5, 0.6) is 0 Å². The number of amides is 1. The van der Waals surface area contributed by atoms with Crippen molar-refractivity contribution in [2.24, 2.45) is 0 Å². The molecule has 0 aliphatic rings. The SMILES string of the molecule is Cc1nocc1C(=O)Nc1nn(Cc2ccc(C(F)(F)F)cc2)c2ccccc12. The van der Waals surface area contributed by atoms with E-state index in [1.165, 1.54) is 18.4 Å². The van der Waals surface area contributed by atoms with Crippen LogP contribution in [0, 0.1) is 6.92 Å². The van der Waals surface area contributed by atoms with Crippen LogP contribution in [0.4, 0.5) is 19.0 Å². The lowest BCUT2D eigenvalue weighted by Gasteiger charge is -2.08. The van der Waals surface area contributed by atoms with E-state index < -0.39 is 17.6 Å². The molecule has 0 radical (unpaired) electrons. The second kappa shape index (κ2) is 7.08. The Morgan fingerprint density at radius 3 is 2.52 bits per heavy atom. The first-order chi connectivity index (χ1) is 13.8. The predicted molar refractivity (Wildman–Crippen MR) is 99.5 cm³/mol. The van der Waals surface area contributed by atoms with E-state index in [-0.39, 0.29) is 6.54 Å². The first-order valence-electron chi connectivity index (χ1n) is 8.67. The average molecular weight is 400 g/mol. The van der Waals surface area contributed by atoms with E-state index in [1.54, 1.807) is 11.6 Å². The van der Waals surface area contributed by atoms with Crippen LogP contribution in [0.25, 0.3) is 10.9 Å². The summed E-state index contributed by atoms with van der Waals surface area (Å²) < 4.78 is 44.7. The second-order valence-corrected chi connectivity index (χ2v) is 6.49. The molecule has 148 valence electrons. The van der Waals surface area contributed by atoms with E-state index in [0.717, 1.165) is 17.6 Å². The monoisotopic (exact) mass is 400 g/mol. The summed E-state index contributed by atoms with van der Waals surface area (Å²) in [6, 6.07) is 12.2. The average Bonchev–Trinajstić information content (AvgIpc) is 3.26. The van der Waals surface area contributed by atoms with Crippen molar-refractivity contribution in [1.82, 2.24) is 14.9 Å². The van der Waals surface area contributed by atoms with Gasteiger partial charge in [-0.25, -0.2) is 0 Å². The van der Waals surface area contributed by atoms with Crippen LogP contribution in [0.1, 0.15) is 27.2 Å². The maximum absolute atomic E-state index is 12.8. The lowest BCUT2D eigenvalue weighted by molar-refractivity contribution is -0.137. The van der Waals surface area contributed by atoms with Crippen LogP contribution in [-0.2, 0) is 12.7 Å². The zero-order chi connectivity index (χ0) is 20.6. The van der Waals surface area contributed by atoms with Crippen LogP contribution in [0.3, 0.4) is 0 Å². The van der Waals surface area contributed by atoms with Crippen LogP contribution in [-0.4, -0.2) is 20.8 Å². The highest BCUT2D eigenvalue weighted by Gasteiger charge is 2.30. The fourth-order valence-electron chi connectivity index (χ4n) is 3.00. The lowest BCUT2D eigenvalue weighted by atomic mass is 10.1. The van der Waals surface area contributed by atoms with E-state index in [4.69, 9.17) is 4.52 Å². The molecule has 0 spiro atoms. The van der Waals surface area contributed by atoms with Gasteiger partial charge < -0.3 is 9.84 Å². The Hall–Kier alpha value is -3.62. The number of hydrogen-bond acceptors (Lipinski definition) is 4. The van der Waals surface area contributed by atoms with Gasteiger partial charge >= 0.3 is 6.18 Å². The number of rotatable bonds is 4. The largest absolute Gasteiger partial charge is 0.416 e. The number of halogens is 3. The summed E-state index contributed by atoms with van der Waals surface area (Å²) >= 11 is 0. The van der Waals surface area contributed by atoms with Gasteiger partial charge in [0, 0.05) is 5.39 Å². The fraction of sp³-hybridized carbons (Fsp3) is 0.150. The zero-order valence-corrected chi connectivity index (χ0v) is 15.2. The summed E-state index contributed by atoms with van der Waals surface area (Å²) in [7, 11) is 0. The van der Waals surface area contributed by atoms with Crippen molar-refractivity contribution < 1.29 is 22.5 Å². The van der Waals surface area contributed by atoms with E-state index in [2.05, 4.69) is 15.6 Å². The standard InChI is InChI=1S/C20H15F3N4O2/c1-12-16(11-29-26-12)19(28)24-18-15-4-2-3-5-17(15)27(25-18)10-13-6-8-14(9-7-13)20(21,22)23/h2-9,11H,10H2,1H3,(H,24,25,28). The van der Waals surface area contributed by atoms with Crippen molar-refractivity contribution in [1.29, 1.82) is 0 Å². The van der Waals surface area contributed by atoms with Crippen molar-refractivity contribution in [2.45, 2.75) is 19.6 Å². The smallest absolute Gasteiger partial charge is 0.364 e. The van der Waals surface area contributed by atoms with Crippen LogP contribution in [0.2, 0.25) is 0 Å². The number of aryl methyl sites for hydroxylation is 1. The molecule has 6 nitrogen and oxygen atoms in total. The Morgan fingerprint density at radius 2 is 1.86 bits per heavy atom. The molecule has 0 atom stereocenters. The van der Waals surface area contributed by atoms with E-state index in [0.29, 0.717) is 28.0 Å². The summed E-state index contributed by atoms with van der Waals surface area (Å²) in [5, 5.41) is 11.6. The number of nitrogens with zero attached hydrogens (tertiary/aromatic N) is 3. The third-order valence-corrected chi connectivity index (χ3v) is 4.50. The minimum absolute atomic E-state index is 0.251. The first-order valence-corrected chi connectivity index (χ1v) is 8.67. The van der Waals surface area contributed by atoms with E-state index in [9.17, 15) is 18.0 Å². The van der Waals surface area contributed by atoms with Gasteiger partial charge in [0.15, 0.2) is 5.82 Å². The molecule has 4 rings (SSSR count). The molecule has 0 aliphatic heterocycles. The molecule has 0 unspecified atom stereocenters. The topological polar surface area (TPSA) is 73.0 Å². The molecule has 29 heavy (non-hydrogen) atoms. The van der Waals surface area contributed by atoms with Crippen molar-refractivity contribution in [3.8, 4) is 0 Å². The number of fused-ring (bicyclic) bond motifs is 1. The van der Waals surface area contributed by atoms with E-state index >= 15 is 0 Å². The fourth-order valence-corrected chi connectivity index (χ4v) is 3.00. The normalized spacial score (nSPS) is 11.7. The molecule has 0 fully saturated rings. The third kappa shape index (κ3) is 3.71. The van der Waals surface area contributed by atoms with E-state index in [1.807, 2.05) is 24.3 Å². The molecule has 0 bridgehead atoms. The van der Waals surface area contributed by atoms with Crippen molar-refractivity contribution in [2.75, 3.05) is 5.32 Å². The van der Waals surface area contributed by atoms with Crippen LogP contribution in [0.15, 0.2) is 59.3 Å². The molecule has 2 aromatic carbocycles. The summed E-state index contributed by atoms with van der Waals surface area (Å²) in [6.07, 6.45) is -3.12. The van der Waals surface area contributed by atoms with Crippen LogP contribution >= 0.6 is 0 Å². The molecule has 4 aromatic rings. The quantitative estimate of drug-likeness (QED) is 0.541. The number of alkyl halides is 3. The van der Waals surface area contributed by atoms with Crippen molar-refractivity contribution >= 4 is 22.6 Å². The number of benzene rings is 2. The van der Waals surface area contributed by atoms with Crippen molar-refractivity contribution in [3.05, 3.63) is 77.2 Å². The Balaban J connectivity index is 1.64. The Morgan fingerprint density at radius 1 is 1.14 bits per heavy atom. The number of aromatic nitrogens is 3. The molecular formula is C20H15F3N4O2. The number of hydrogen-bond donors (Lipinski definition) is 1. The lowest BCUT2D eigenvalue weighted by Crippen LogP contribution is -2.13. The molecular weight excluding hydrogens is 385 g/mol. The number of anilines is 1. The Labute approximate surface area is 162 Å². The number of para-hydroxylation sites is 1. The van der Waals surface area contributed by atoms with Gasteiger partial charge in [0.1, 0.15) is 11.8 Å². The minimum atomic E-state index is -4.38. The highest BCUT2D eigenvalue weighted by molar-refractivity contribution is 6.08. The molecule has 1 amide bonds. The van der Waals surface area contributed by atoms with Gasteiger partial charge in [0.25, 0.3) is 5.91 Å². The van der Waals surface area contributed by atoms with Crippen molar-refractivity contribution in [3.63, 3.8) is 0 Å². The summed E-state index contributed by atoms with van der Waals surface area (Å²) in [5.74, 6) is -0.0632. The van der Waals surface area contributed by atoms with Gasteiger partial charge in [0.05, 0.1) is 23.3 Å². The van der Waals surface area contributed by atoms with Gasteiger partial charge in [-0.15, -0.1) is 0 Å². The summed E-state index contributed by atoms with van der Waals surface area (Å²) in [4.78, 5) is 12.5. The number of carbonyl (C=O) groups excluding carboxylic acids is 1. The predicted octanol–water partition coefficient (Wildman–Crippen LogP) is 4.65. The van der Waals surface area contributed by atoms with Gasteiger partial charge in [-0.3, -0.25) is 9.48 Å². The molecule has 0 saturated carbocycles. The highest BCUT2D eigenvalue weighted by atomic mass is 19.4. The van der Waals surface area contributed by atoms with Gasteiger partial charge in [-0.1, -0.05) is 29.4 Å².